The van der Waals surface area contributed by atoms with Gasteiger partial charge in [0.2, 0.25) is 5.91 Å². The van der Waals surface area contributed by atoms with E-state index in [1.165, 1.54) is 5.56 Å². The van der Waals surface area contributed by atoms with Gasteiger partial charge in [0.15, 0.2) is 11.2 Å². The predicted octanol–water partition coefficient (Wildman–Crippen LogP) is 3.44. The summed E-state index contributed by atoms with van der Waals surface area (Å²) < 4.78 is 10.8. The molecule has 0 fully saturated rings. The highest BCUT2D eigenvalue weighted by atomic mass is 32.1. The average molecular weight is 500 g/mol. The Hall–Kier alpha value is -3.46. The second-order valence-electron chi connectivity index (χ2n) is 8.16. The van der Waals surface area contributed by atoms with Crippen molar-refractivity contribution in [1.82, 2.24) is 16.2 Å². The Balaban J connectivity index is 1.55. The third-order valence-electron chi connectivity index (χ3n) is 5.21. The zero-order chi connectivity index (χ0) is 25.6. The van der Waals surface area contributed by atoms with Crippen LogP contribution in [0.2, 0.25) is 0 Å². The molecule has 2 aromatic carbocycles. The molecule has 0 aliphatic heterocycles. The summed E-state index contributed by atoms with van der Waals surface area (Å²) in [6, 6.07) is 15.6. The van der Waals surface area contributed by atoms with Gasteiger partial charge in [0.05, 0.1) is 6.61 Å². The molecule has 0 aliphatic carbocycles. The van der Waals surface area contributed by atoms with Gasteiger partial charge in [-0.2, -0.15) is 0 Å². The van der Waals surface area contributed by atoms with Crippen LogP contribution < -0.4 is 20.9 Å². The fraction of sp³-hybridized carbons (Fsp3) is 0.385. The van der Waals surface area contributed by atoms with E-state index in [0.29, 0.717) is 18.8 Å². The van der Waals surface area contributed by atoms with Gasteiger partial charge in [0, 0.05) is 12.8 Å². The zero-order valence-electron chi connectivity index (χ0n) is 20.4. The summed E-state index contributed by atoms with van der Waals surface area (Å²) in [6.07, 6.45) is 1.38. The van der Waals surface area contributed by atoms with Crippen molar-refractivity contribution in [3.05, 3.63) is 65.2 Å². The Morgan fingerprint density at radius 1 is 0.943 bits per heavy atom. The standard InChI is InChI=1S/C26H33N3O5S/c1-18-14-15-22(17-19(18)2)34-20(3)25(32)28-29-26(35)27-23(30)12-7-13-24(31)33-16-8-11-21-9-5-4-6-10-21/h4-6,9-10,14-15,17,20H,7-8,11-13,16H2,1-3H3,(H,28,32)(H2,27,29,30,35). The summed E-state index contributed by atoms with van der Waals surface area (Å²) in [7, 11) is 0. The molecule has 0 saturated carbocycles. The summed E-state index contributed by atoms with van der Waals surface area (Å²) >= 11 is 5.02. The first-order valence-electron chi connectivity index (χ1n) is 11.6. The molecule has 188 valence electrons. The number of amides is 2. The molecular weight excluding hydrogens is 466 g/mol. The van der Waals surface area contributed by atoms with Crippen molar-refractivity contribution >= 4 is 35.1 Å². The van der Waals surface area contributed by atoms with Gasteiger partial charge in [-0.1, -0.05) is 36.4 Å². The number of hydrogen-bond donors (Lipinski definition) is 3. The van der Waals surface area contributed by atoms with E-state index in [-0.39, 0.29) is 29.8 Å². The molecule has 2 rings (SSSR count). The molecule has 3 N–H and O–H groups in total. The van der Waals surface area contributed by atoms with Gasteiger partial charge >= 0.3 is 5.97 Å². The number of esters is 1. The normalized spacial score (nSPS) is 11.2. The van der Waals surface area contributed by atoms with E-state index in [1.807, 2.05) is 56.3 Å². The monoisotopic (exact) mass is 499 g/mol. The van der Waals surface area contributed by atoms with Crippen molar-refractivity contribution in [2.45, 2.75) is 59.0 Å². The molecule has 0 bridgehead atoms. The smallest absolute Gasteiger partial charge is 0.305 e. The van der Waals surface area contributed by atoms with Gasteiger partial charge < -0.3 is 14.8 Å². The molecule has 0 aromatic heterocycles. The first kappa shape index (κ1) is 27.8. The lowest BCUT2D eigenvalue weighted by atomic mass is 10.1. The number of rotatable bonds is 11. The Kier molecular flexibility index (Phi) is 11.7. The largest absolute Gasteiger partial charge is 0.481 e. The fourth-order valence-corrected chi connectivity index (χ4v) is 3.22. The SMILES string of the molecule is Cc1ccc(OC(C)C(=O)NNC(=S)NC(=O)CCCC(=O)OCCCc2ccccc2)cc1C. The highest BCUT2D eigenvalue weighted by Crippen LogP contribution is 2.17. The van der Waals surface area contributed by atoms with Crippen LogP contribution in [0.1, 0.15) is 49.3 Å². The minimum Gasteiger partial charge on any atom is -0.481 e. The molecule has 0 aliphatic rings. The minimum absolute atomic E-state index is 0.0507. The van der Waals surface area contributed by atoms with Crippen LogP contribution in [0.5, 0.6) is 5.75 Å². The third-order valence-corrected chi connectivity index (χ3v) is 5.42. The Morgan fingerprint density at radius 3 is 2.40 bits per heavy atom. The number of thiocarbonyl (C=S) groups is 1. The van der Waals surface area contributed by atoms with Gasteiger partial charge in [0.25, 0.3) is 5.91 Å². The van der Waals surface area contributed by atoms with Crippen LogP contribution in [0.4, 0.5) is 0 Å². The Morgan fingerprint density at radius 2 is 1.69 bits per heavy atom. The highest BCUT2D eigenvalue weighted by molar-refractivity contribution is 7.80. The van der Waals surface area contributed by atoms with Crippen LogP contribution in [0, 0.1) is 13.8 Å². The third kappa shape index (κ3) is 11.0. The number of nitrogens with one attached hydrogen (secondary N) is 3. The number of hydrazine groups is 1. The number of ether oxygens (including phenoxy) is 2. The van der Waals surface area contributed by atoms with Crippen molar-refractivity contribution in [2.75, 3.05) is 6.61 Å². The molecule has 0 radical (unpaired) electrons. The van der Waals surface area contributed by atoms with Crippen LogP contribution in [-0.4, -0.2) is 35.6 Å². The second kappa shape index (κ2) is 14.7. The molecule has 0 spiro atoms. The molecule has 9 heteroatoms. The molecule has 8 nitrogen and oxygen atoms in total. The lowest BCUT2D eigenvalue weighted by molar-refractivity contribution is -0.143. The number of benzene rings is 2. The lowest BCUT2D eigenvalue weighted by Gasteiger charge is -2.17. The van der Waals surface area contributed by atoms with E-state index in [0.717, 1.165) is 24.0 Å². The van der Waals surface area contributed by atoms with E-state index in [1.54, 1.807) is 13.0 Å². The number of carbonyl (C=O) groups excluding carboxylic acids is 3. The quantitative estimate of drug-likeness (QED) is 0.188. The van der Waals surface area contributed by atoms with E-state index in [9.17, 15) is 14.4 Å². The summed E-state index contributed by atoms with van der Waals surface area (Å²) in [5, 5.41) is 2.40. The van der Waals surface area contributed by atoms with Gasteiger partial charge in [-0.3, -0.25) is 25.2 Å². The van der Waals surface area contributed by atoms with Gasteiger partial charge in [-0.15, -0.1) is 0 Å². The van der Waals surface area contributed by atoms with E-state index < -0.39 is 12.0 Å². The molecule has 0 heterocycles. The minimum atomic E-state index is -0.776. The summed E-state index contributed by atoms with van der Waals surface area (Å²) in [4.78, 5) is 36.0. The van der Waals surface area contributed by atoms with E-state index in [4.69, 9.17) is 21.7 Å². The van der Waals surface area contributed by atoms with Crippen LogP contribution >= 0.6 is 12.2 Å². The summed E-state index contributed by atoms with van der Waals surface area (Å²) in [5.41, 5.74) is 8.27. The lowest BCUT2D eigenvalue weighted by Crippen LogP contribution is -2.51. The molecule has 2 amide bonds. The maximum Gasteiger partial charge on any atom is 0.305 e. The van der Waals surface area contributed by atoms with E-state index >= 15 is 0 Å². The van der Waals surface area contributed by atoms with Crippen LogP contribution in [0.25, 0.3) is 0 Å². The van der Waals surface area contributed by atoms with Crippen LogP contribution in [0.3, 0.4) is 0 Å². The fourth-order valence-electron chi connectivity index (χ4n) is 3.06. The van der Waals surface area contributed by atoms with Crippen LogP contribution in [-0.2, 0) is 25.5 Å². The van der Waals surface area contributed by atoms with Crippen LogP contribution in [0.15, 0.2) is 48.5 Å². The zero-order valence-corrected chi connectivity index (χ0v) is 21.2. The first-order valence-corrected chi connectivity index (χ1v) is 12.0. The molecule has 35 heavy (non-hydrogen) atoms. The molecule has 2 aromatic rings. The summed E-state index contributed by atoms with van der Waals surface area (Å²) in [5.74, 6) is -0.569. The highest BCUT2D eigenvalue weighted by Gasteiger charge is 2.15. The van der Waals surface area contributed by atoms with Crippen molar-refractivity contribution < 1.29 is 23.9 Å². The molecule has 0 saturated heterocycles. The Labute approximate surface area is 211 Å². The average Bonchev–Trinajstić information content (AvgIpc) is 2.83. The maximum absolute atomic E-state index is 12.2. The van der Waals surface area contributed by atoms with Crippen molar-refractivity contribution in [3.8, 4) is 5.75 Å². The second-order valence-corrected chi connectivity index (χ2v) is 8.57. The van der Waals surface area contributed by atoms with Crippen molar-refractivity contribution in [3.63, 3.8) is 0 Å². The number of aryl methyl sites for hydroxylation is 3. The molecule has 1 atom stereocenters. The number of carbonyl (C=O) groups is 3. The van der Waals surface area contributed by atoms with Crippen molar-refractivity contribution in [2.24, 2.45) is 0 Å². The van der Waals surface area contributed by atoms with Gasteiger partial charge in [0.1, 0.15) is 5.75 Å². The maximum atomic E-state index is 12.2. The predicted molar refractivity (Wildman–Crippen MR) is 138 cm³/mol. The number of hydrogen-bond acceptors (Lipinski definition) is 6. The van der Waals surface area contributed by atoms with Gasteiger partial charge in [-0.05, 0) is 81.1 Å². The molecule has 1 unspecified atom stereocenters. The van der Waals surface area contributed by atoms with Crippen molar-refractivity contribution in [1.29, 1.82) is 0 Å². The first-order chi connectivity index (χ1) is 16.7. The Bertz CT molecular complexity index is 1010. The molecular formula is C26H33N3O5S. The topological polar surface area (TPSA) is 106 Å². The van der Waals surface area contributed by atoms with Gasteiger partial charge in [-0.25, -0.2) is 0 Å². The summed E-state index contributed by atoms with van der Waals surface area (Å²) in [6.45, 7) is 5.91. The van der Waals surface area contributed by atoms with E-state index in [2.05, 4.69) is 16.2 Å².